The van der Waals surface area contributed by atoms with Crippen molar-refractivity contribution in [3.8, 4) is 22.9 Å². The van der Waals surface area contributed by atoms with E-state index in [9.17, 15) is 4.79 Å². The first-order valence-corrected chi connectivity index (χ1v) is 9.87. The van der Waals surface area contributed by atoms with Gasteiger partial charge < -0.3 is 24.2 Å². The molecule has 1 N–H and O–H groups in total. The zero-order chi connectivity index (χ0) is 20.9. The molecule has 2 amide bonds. The lowest BCUT2D eigenvalue weighted by molar-refractivity contribution is 0.142. The van der Waals surface area contributed by atoms with Crippen molar-refractivity contribution in [1.29, 1.82) is 0 Å². The van der Waals surface area contributed by atoms with Gasteiger partial charge in [-0.25, -0.2) is 4.79 Å². The Morgan fingerprint density at radius 1 is 1.10 bits per heavy atom. The molecule has 1 saturated heterocycles. The van der Waals surface area contributed by atoms with Crippen LogP contribution in [0.15, 0.2) is 53.1 Å². The number of hydrogen-bond acceptors (Lipinski definition) is 6. The molecule has 0 radical (unpaired) electrons. The van der Waals surface area contributed by atoms with Crippen LogP contribution in [0.2, 0.25) is 0 Å². The molecular weight excluding hydrogens is 384 g/mol. The molecule has 2 heterocycles. The number of ether oxygens (including phenoxy) is 2. The number of nitrogens with one attached hydrogen (secondary N) is 1. The summed E-state index contributed by atoms with van der Waals surface area (Å²) < 4.78 is 16.0. The number of aromatic nitrogens is 2. The second kappa shape index (κ2) is 8.86. The SMILES string of the molecule is COc1cccc(NC(=O)N2CCCCC2c2nc(-c3cccc(OC)c3)no2)c1. The summed E-state index contributed by atoms with van der Waals surface area (Å²) in [5, 5.41) is 7.06. The predicted octanol–water partition coefficient (Wildman–Crippen LogP) is 4.51. The zero-order valence-electron chi connectivity index (χ0n) is 17.0. The Hall–Kier alpha value is -3.55. The second-order valence-corrected chi connectivity index (χ2v) is 7.06. The maximum Gasteiger partial charge on any atom is 0.322 e. The Morgan fingerprint density at radius 2 is 1.87 bits per heavy atom. The van der Waals surface area contributed by atoms with Gasteiger partial charge in [-0.3, -0.25) is 0 Å². The molecule has 1 aromatic heterocycles. The number of amides is 2. The molecule has 1 atom stereocenters. The number of likely N-dealkylation sites (tertiary alicyclic amines) is 1. The molecule has 8 heteroatoms. The molecule has 3 aromatic rings. The van der Waals surface area contributed by atoms with Gasteiger partial charge in [0.25, 0.3) is 0 Å². The van der Waals surface area contributed by atoms with Gasteiger partial charge in [0, 0.05) is 23.9 Å². The van der Waals surface area contributed by atoms with E-state index in [1.807, 2.05) is 42.5 Å². The van der Waals surface area contributed by atoms with Gasteiger partial charge in [-0.2, -0.15) is 4.98 Å². The summed E-state index contributed by atoms with van der Waals surface area (Å²) in [6.45, 7) is 0.622. The third-order valence-corrected chi connectivity index (χ3v) is 5.14. The molecular formula is C22H24N4O4. The highest BCUT2D eigenvalue weighted by Crippen LogP contribution is 2.32. The first-order valence-electron chi connectivity index (χ1n) is 9.87. The van der Waals surface area contributed by atoms with Crippen molar-refractivity contribution in [2.24, 2.45) is 0 Å². The fourth-order valence-electron chi connectivity index (χ4n) is 3.58. The Bertz CT molecular complexity index is 1020. The summed E-state index contributed by atoms with van der Waals surface area (Å²) in [5.41, 5.74) is 1.47. The third kappa shape index (κ3) is 4.22. The number of carbonyl (C=O) groups is 1. The number of piperidine rings is 1. The van der Waals surface area contributed by atoms with E-state index in [1.54, 1.807) is 25.2 Å². The number of anilines is 1. The van der Waals surface area contributed by atoms with Gasteiger partial charge in [0.15, 0.2) is 0 Å². The lowest BCUT2D eigenvalue weighted by Gasteiger charge is -2.33. The molecule has 1 aliphatic rings. The molecule has 0 saturated carbocycles. The lowest BCUT2D eigenvalue weighted by atomic mass is 10.0. The topological polar surface area (TPSA) is 89.7 Å². The number of nitrogens with zero attached hydrogens (tertiary/aromatic N) is 3. The van der Waals surface area contributed by atoms with Crippen LogP contribution in [0.1, 0.15) is 31.2 Å². The molecule has 1 aliphatic heterocycles. The number of rotatable bonds is 5. The van der Waals surface area contributed by atoms with Crippen LogP contribution in [0.25, 0.3) is 11.4 Å². The Balaban J connectivity index is 1.53. The second-order valence-electron chi connectivity index (χ2n) is 7.06. The number of urea groups is 1. The van der Waals surface area contributed by atoms with Gasteiger partial charge in [-0.15, -0.1) is 0 Å². The molecule has 0 spiro atoms. The summed E-state index contributed by atoms with van der Waals surface area (Å²) in [7, 11) is 3.21. The van der Waals surface area contributed by atoms with Crippen LogP contribution in [-0.2, 0) is 0 Å². The van der Waals surface area contributed by atoms with Crippen molar-refractivity contribution in [3.05, 3.63) is 54.4 Å². The van der Waals surface area contributed by atoms with E-state index in [0.717, 1.165) is 30.6 Å². The van der Waals surface area contributed by atoms with E-state index < -0.39 is 0 Å². The average Bonchev–Trinajstić information content (AvgIpc) is 3.29. The first kappa shape index (κ1) is 19.8. The van der Waals surface area contributed by atoms with Crippen LogP contribution in [0.5, 0.6) is 11.5 Å². The van der Waals surface area contributed by atoms with Crippen LogP contribution in [0.3, 0.4) is 0 Å². The average molecular weight is 408 g/mol. The minimum Gasteiger partial charge on any atom is -0.497 e. The Morgan fingerprint density at radius 3 is 2.67 bits per heavy atom. The number of hydrogen-bond donors (Lipinski definition) is 1. The highest BCUT2D eigenvalue weighted by atomic mass is 16.5. The molecule has 8 nitrogen and oxygen atoms in total. The quantitative estimate of drug-likeness (QED) is 0.668. The van der Waals surface area contributed by atoms with E-state index in [4.69, 9.17) is 14.0 Å². The highest BCUT2D eigenvalue weighted by molar-refractivity contribution is 5.89. The van der Waals surface area contributed by atoms with Gasteiger partial charge in [0.2, 0.25) is 11.7 Å². The van der Waals surface area contributed by atoms with Crippen molar-refractivity contribution in [2.45, 2.75) is 25.3 Å². The normalized spacial score (nSPS) is 16.2. The van der Waals surface area contributed by atoms with E-state index in [-0.39, 0.29) is 12.1 Å². The standard InChI is InChI=1S/C22H24N4O4/c1-28-17-9-5-7-15(13-17)20-24-21(30-25-20)19-11-3-4-12-26(19)22(27)23-16-8-6-10-18(14-16)29-2/h5-10,13-14,19H,3-4,11-12H2,1-2H3,(H,23,27). The minimum absolute atomic E-state index is 0.200. The molecule has 1 unspecified atom stereocenters. The summed E-state index contributed by atoms with van der Waals surface area (Å²) >= 11 is 0. The molecule has 4 rings (SSSR count). The number of methoxy groups -OCH3 is 2. The molecule has 0 aliphatic carbocycles. The number of carbonyl (C=O) groups excluding carboxylic acids is 1. The van der Waals surface area contributed by atoms with E-state index >= 15 is 0 Å². The smallest absolute Gasteiger partial charge is 0.322 e. The van der Waals surface area contributed by atoms with Gasteiger partial charge in [0.1, 0.15) is 17.5 Å². The van der Waals surface area contributed by atoms with Gasteiger partial charge in [-0.1, -0.05) is 23.4 Å². The fraction of sp³-hybridized carbons (Fsp3) is 0.318. The minimum atomic E-state index is -0.267. The van der Waals surface area contributed by atoms with Crippen molar-refractivity contribution in [1.82, 2.24) is 15.0 Å². The maximum atomic E-state index is 13.0. The largest absolute Gasteiger partial charge is 0.497 e. The maximum absolute atomic E-state index is 13.0. The van der Waals surface area contributed by atoms with Gasteiger partial charge >= 0.3 is 6.03 Å². The van der Waals surface area contributed by atoms with E-state index in [1.165, 1.54) is 0 Å². The van der Waals surface area contributed by atoms with Crippen molar-refractivity contribution < 1.29 is 18.8 Å². The molecule has 1 fully saturated rings. The van der Waals surface area contributed by atoms with Crippen LogP contribution < -0.4 is 14.8 Å². The van der Waals surface area contributed by atoms with E-state index in [0.29, 0.717) is 29.7 Å². The van der Waals surface area contributed by atoms with Crippen LogP contribution in [-0.4, -0.2) is 41.8 Å². The Kier molecular flexibility index (Phi) is 5.83. The molecule has 0 bridgehead atoms. The first-order chi connectivity index (χ1) is 14.7. The summed E-state index contributed by atoms with van der Waals surface area (Å²) in [6.07, 6.45) is 2.69. The number of benzene rings is 2. The van der Waals surface area contributed by atoms with Crippen molar-refractivity contribution in [3.63, 3.8) is 0 Å². The third-order valence-electron chi connectivity index (χ3n) is 5.14. The van der Waals surface area contributed by atoms with Crippen molar-refractivity contribution >= 4 is 11.7 Å². The fourth-order valence-corrected chi connectivity index (χ4v) is 3.58. The molecule has 156 valence electrons. The zero-order valence-corrected chi connectivity index (χ0v) is 17.0. The monoisotopic (exact) mass is 408 g/mol. The van der Waals surface area contributed by atoms with Crippen LogP contribution >= 0.6 is 0 Å². The summed E-state index contributed by atoms with van der Waals surface area (Å²) in [6, 6.07) is 14.3. The van der Waals surface area contributed by atoms with Crippen molar-refractivity contribution in [2.75, 3.05) is 26.1 Å². The lowest BCUT2D eigenvalue weighted by Crippen LogP contribution is -2.41. The summed E-state index contributed by atoms with van der Waals surface area (Å²) in [4.78, 5) is 19.3. The molecule has 30 heavy (non-hydrogen) atoms. The molecule has 2 aromatic carbocycles. The van der Waals surface area contributed by atoms with Crippen LogP contribution in [0.4, 0.5) is 10.5 Å². The van der Waals surface area contributed by atoms with Gasteiger partial charge in [0.05, 0.1) is 14.2 Å². The van der Waals surface area contributed by atoms with Crippen LogP contribution in [0, 0.1) is 0 Å². The predicted molar refractivity (Wildman–Crippen MR) is 112 cm³/mol. The highest BCUT2D eigenvalue weighted by Gasteiger charge is 2.32. The summed E-state index contributed by atoms with van der Waals surface area (Å²) in [5.74, 6) is 2.31. The Labute approximate surface area is 174 Å². The van der Waals surface area contributed by atoms with E-state index in [2.05, 4.69) is 15.5 Å². The van der Waals surface area contributed by atoms with Gasteiger partial charge in [-0.05, 0) is 43.5 Å².